The number of amides is 2. The van der Waals surface area contributed by atoms with Crippen LogP contribution in [0.3, 0.4) is 0 Å². The van der Waals surface area contributed by atoms with Gasteiger partial charge in [0.25, 0.3) is 11.6 Å². The van der Waals surface area contributed by atoms with Crippen LogP contribution in [-0.4, -0.2) is 62.1 Å². The van der Waals surface area contributed by atoms with Gasteiger partial charge in [0.05, 0.1) is 11.4 Å². The Morgan fingerprint density at radius 3 is 1.62 bits per heavy atom. The van der Waals surface area contributed by atoms with Gasteiger partial charge < -0.3 is 15.7 Å². The topological polar surface area (TPSA) is 189 Å². The van der Waals surface area contributed by atoms with Crippen LogP contribution in [0.2, 0.25) is 0 Å². The van der Waals surface area contributed by atoms with E-state index in [1.54, 1.807) is 60.7 Å². The van der Waals surface area contributed by atoms with Crippen LogP contribution in [0, 0.1) is 0 Å². The fraction of sp³-hybridized carbons (Fsp3) is 0.136. The standard InChI is InChI=1S/C11H10N2O4.C11H8N2O3.H2O/c1-7(14)9-11(16,17)10(15)13(12-9)8-5-3-2-4-6-8;1-7(14)9-10(15)11(16)13(12-9)8-5-3-2-4-6-8;/h2-6,16-17H,1H3;2-6H,1H3;1H2. The Balaban J connectivity index is 0.000000234. The molecule has 4 rings (SSSR count). The number of Topliss-reactive ketones (excluding diaryl/α,β-unsaturated/α-hetero) is 3. The first-order chi connectivity index (χ1) is 15.6. The van der Waals surface area contributed by atoms with E-state index in [0.29, 0.717) is 11.4 Å². The number of rotatable bonds is 4. The summed E-state index contributed by atoms with van der Waals surface area (Å²) in [6.45, 7) is 2.32. The fourth-order valence-corrected chi connectivity index (χ4v) is 2.89. The van der Waals surface area contributed by atoms with Gasteiger partial charge in [-0.25, -0.2) is 0 Å². The lowest BCUT2D eigenvalue weighted by Crippen LogP contribution is -2.48. The number of carbonyl (C=O) groups is 5. The summed E-state index contributed by atoms with van der Waals surface area (Å²) in [6.07, 6.45) is 0. The van der Waals surface area contributed by atoms with Gasteiger partial charge >= 0.3 is 11.8 Å². The van der Waals surface area contributed by atoms with Crippen LogP contribution in [0.1, 0.15) is 13.8 Å². The molecule has 0 radical (unpaired) electrons. The van der Waals surface area contributed by atoms with E-state index in [-0.39, 0.29) is 11.2 Å². The number of ketones is 3. The maximum Gasteiger partial charge on any atom is 0.321 e. The van der Waals surface area contributed by atoms with E-state index in [9.17, 15) is 34.2 Å². The van der Waals surface area contributed by atoms with Gasteiger partial charge in [-0.1, -0.05) is 36.4 Å². The number of aliphatic hydroxyl groups is 2. The lowest BCUT2D eigenvalue weighted by atomic mass is 10.1. The van der Waals surface area contributed by atoms with Crippen molar-refractivity contribution in [2.24, 2.45) is 10.2 Å². The highest BCUT2D eigenvalue weighted by molar-refractivity contribution is 6.82. The molecule has 2 aromatic carbocycles. The Kier molecular flexibility index (Phi) is 7.64. The molecule has 12 heteroatoms. The number of nitrogens with zero attached hydrogens (tertiary/aromatic N) is 4. The summed E-state index contributed by atoms with van der Waals surface area (Å²) >= 11 is 0. The smallest absolute Gasteiger partial charge is 0.321 e. The third-order valence-electron chi connectivity index (χ3n) is 4.49. The molecule has 0 saturated heterocycles. The third-order valence-corrected chi connectivity index (χ3v) is 4.49. The molecule has 0 spiro atoms. The summed E-state index contributed by atoms with van der Waals surface area (Å²) in [5.74, 6) is -6.72. The number of benzene rings is 2. The molecule has 34 heavy (non-hydrogen) atoms. The maximum absolute atomic E-state index is 11.7. The van der Waals surface area contributed by atoms with E-state index >= 15 is 0 Å². The predicted octanol–water partition coefficient (Wildman–Crippen LogP) is -0.618. The molecule has 2 aromatic rings. The van der Waals surface area contributed by atoms with E-state index in [2.05, 4.69) is 10.2 Å². The van der Waals surface area contributed by atoms with Gasteiger partial charge in [0.15, 0.2) is 23.0 Å². The molecule has 12 nitrogen and oxygen atoms in total. The Hall–Kier alpha value is -4.39. The van der Waals surface area contributed by atoms with Crippen molar-refractivity contribution >= 4 is 52.0 Å². The molecule has 4 N–H and O–H groups in total. The summed E-state index contributed by atoms with van der Waals surface area (Å²) in [5, 5.41) is 28.2. The molecule has 0 saturated carbocycles. The van der Waals surface area contributed by atoms with Gasteiger partial charge in [-0.15, -0.1) is 0 Å². The van der Waals surface area contributed by atoms with Crippen LogP contribution >= 0.6 is 0 Å². The number of anilines is 2. The van der Waals surface area contributed by atoms with E-state index in [0.717, 1.165) is 16.9 Å². The van der Waals surface area contributed by atoms with Crippen molar-refractivity contribution in [3.05, 3.63) is 60.7 Å². The molecule has 0 atom stereocenters. The monoisotopic (exact) mass is 468 g/mol. The second kappa shape index (κ2) is 10.0. The molecule has 0 fully saturated rings. The van der Waals surface area contributed by atoms with Crippen LogP contribution in [0.5, 0.6) is 0 Å². The first-order valence-corrected chi connectivity index (χ1v) is 9.53. The molecular formula is C22H20N4O8. The summed E-state index contributed by atoms with van der Waals surface area (Å²) in [7, 11) is 0. The number of hydrogen-bond donors (Lipinski definition) is 2. The zero-order valence-electron chi connectivity index (χ0n) is 18.0. The Morgan fingerprint density at radius 2 is 1.24 bits per heavy atom. The summed E-state index contributed by atoms with van der Waals surface area (Å²) < 4.78 is 0. The summed E-state index contributed by atoms with van der Waals surface area (Å²) in [5.41, 5.74) is -0.0569. The molecule has 2 amide bonds. The molecule has 2 heterocycles. The van der Waals surface area contributed by atoms with Gasteiger partial charge in [0, 0.05) is 13.8 Å². The van der Waals surface area contributed by atoms with Crippen molar-refractivity contribution in [1.82, 2.24) is 0 Å². The van der Waals surface area contributed by atoms with Crippen LogP contribution in [-0.2, 0) is 24.0 Å². The lowest BCUT2D eigenvalue weighted by Gasteiger charge is -2.15. The normalized spacial score (nSPS) is 16.3. The van der Waals surface area contributed by atoms with Crippen molar-refractivity contribution in [2.45, 2.75) is 19.6 Å². The third kappa shape index (κ3) is 4.83. The van der Waals surface area contributed by atoms with E-state index in [4.69, 9.17) is 0 Å². The lowest BCUT2D eigenvalue weighted by molar-refractivity contribution is -0.157. The Labute approximate surface area is 192 Å². The zero-order valence-corrected chi connectivity index (χ0v) is 18.0. The molecule has 2 aliphatic heterocycles. The fourth-order valence-electron chi connectivity index (χ4n) is 2.89. The summed E-state index contributed by atoms with van der Waals surface area (Å²) in [6, 6.07) is 16.7. The highest BCUT2D eigenvalue weighted by Crippen LogP contribution is 2.25. The Morgan fingerprint density at radius 1 is 0.765 bits per heavy atom. The molecule has 0 unspecified atom stereocenters. The van der Waals surface area contributed by atoms with Gasteiger partial charge in [0.1, 0.15) is 0 Å². The minimum Gasteiger partial charge on any atom is -0.412 e. The van der Waals surface area contributed by atoms with Crippen LogP contribution in [0.4, 0.5) is 11.4 Å². The average molecular weight is 468 g/mol. The van der Waals surface area contributed by atoms with E-state index in [1.807, 2.05) is 0 Å². The number of hydrogen-bond acceptors (Lipinski definition) is 9. The number of hydrazone groups is 2. The zero-order chi connectivity index (χ0) is 24.3. The van der Waals surface area contributed by atoms with Crippen LogP contribution in [0.15, 0.2) is 70.9 Å². The molecule has 0 aromatic heterocycles. The highest BCUT2D eigenvalue weighted by atomic mass is 16.5. The van der Waals surface area contributed by atoms with Crippen molar-refractivity contribution in [3.63, 3.8) is 0 Å². The molecule has 0 bridgehead atoms. The average Bonchev–Trinajstić information content (AvgIpc) is 3.22. The number of para-hydroxylation sites is 2. The van der Waals surface area contributed by atoms with Crippen LogP contribution < -0.4 is 10.0 Å². The van der Waals surface area contributed by atoms with Gasteiger partial charge in [-0.3, -0.25) is 24.0 Å². The van der Waals surface area contributed by atoms with E-state index < -0.39 is 40.7 Å². The molecule has 2 aliphatic rings. The second-order valence-corrected chi connectivity index (χ2v) is 6.92. The molecular weight excluding hydrogens is 448 g/mol. The number of carbonyl (C=O) groups excluding carboxylic acids is 5. The van der Waals surface area contributed by atoms with Gasteiger partial charge in [-0.05, 0) is 24.3 Å². The Bertz CT molecular complexity index is 1210. The quantitative estimate of drug-likeness (QED) is 0.441. The first kappa shape index (κ1) is 25.9. The van der Waals surface area contributed by atoms with Crippen molar-refractivity contribution in [2.75, 3.05) is 10.0 Å². The van der Waals surface area contributed by atoms with Crippen LogP contribution in [0.25, 0.3) is 0 Å². The SMILES string of the molecule is CC(=O)C1=NN(c2ccccc2)C(=O)C1(O)O.CC(=O)C1=NN(c2ccccc2)C(=O)C1=O.O. The molecule has 0 aliphatic carbocycles. The second-order valence-electron chi connectivity index (χ2n) is 6.92. The highest BCUT2D eigenvalue weighted by Gasteiger charge is 2.51. The largest absolute Gasteiger partial charge is 0.412 e. The van der Waals surface area contributed by atoms with E-state index in [1.165, 1.54) is 6.92 Å². The minimum atomic E-state index is -2.85. The maximum atomic E-state index is 11.7. The predicted molar refractivity (Wildman–Crippen MR) is 120 cm³/mol. The molecule has 176 valence electrons. The van der Waals surface area contributed by atoms with Crippen molar-refractivity contribution < 1.29 is 39.7 Å². The van der Waals surface area contributed by atoms with Gasteiger partial charge in [-0.2, -0.15) is 20.2 Å². The van der Waals surface area contributed by atoms with Crippen molar-refractivity contribution in [3.8, 4) is 0 Å². The van der Waals surface area contributed by atoms with Gasteiger partial charge in [0.2, 0.25) is 0 Å². The van der Waals surface area contributed by atoms with Crippen molar-refractivity contribution in [1.29, 1.82) is 0 Å². The minimum absolute atomic E-state index is 0. The summed E-state index contributed by atoms with van der Waals surface area (Å²) in [4.78, 5) is 56.8. The first-order valence-electron chi connectivity index (χ1n) is 9.53.